The Morgan fingerprint density at radius 2 is 2.03 bits per heavy atom. The third-order valence-electron chi connectivity index (χ3n) is 4.49. The number of hydrogen-bond donors (Lipinski definition) is 3. The first-order chi connectivity index (χ1) is 14.6. The normalized spacial score (nSPS) is 17.6. The summed E-state index contributed by atoms with van der Waals surface area (Å²) in [4.78, 5) is 27.6. The summed E-state index contributed by atoms with van der Waals surface area (Å²) in [6.45, 7) is 0. The van der Waals surface area contributed by atoms with Gasteiger partial charge < -0.3 is 20.4 Å². The standard InChI is InChI=1S/C21H19N5O3S/c1-29-15-8-6-14(7-9-15)24-19(27)10-18-20(28)25-21(30-18)26-23-12-13-11-22-17-5-3-2-4-16(13)17/h2-9,11-12,18,22H,10H2,1H3,(H,24,27)(H,25,26,28)/b23-12+. The van der Waals surface area contributed by atoms with Gasteiger partial charge in [0.25, 0.3) is 0 Å². The molecule has 2 amide bonds. The molecule has 9 heteroatoms. The fourth-order valence-corrected chi connectivity index (χ4v) is 3.91. The molecule has 152 valence electrons. The van der Waals surface area contributed by atoms with E-state index in [2.05, 4.69) is 25.8 Å². The highest BCUT2D eigenvalue weighted by molar-refractivity contribution is 8.15. The van der Waals surface area contributed by atoms with Crippen LogP contribution in [-0.4, -0.2) is 40.5 Å². The van der Waals surface area contributed by atoms with Crippen molar-refractivity contribution in [2.45, 2.75) is 11.7 Å². The van der Waals surface area contributed by atoms with Crippen LogP contribution in [0.25, 0.3) is 10.9 Å². The summed E-state index contributed by atoms with van der Waals surface area (Å²) in [6.07, 6.45) is 3.51. The molecule has 1 atom stereocenters. The Labute approximate surface area is 176 Å². The number of amidine groups is 1. The highest BCUT2D eigenvalue weighted by atomic mass is 32.2. The number of fused-ring (bicyclic) bond motifs is 1. The predicted molar refractivity (Wildman–Crippen MR) is 119 cm³/mol. The summed E-state index contributed by atoms with van der Waals surface area (Å²) in [5, 5.41) is 14.4. The third-order valence-corrected chi connectivity index (χ3v) is 5.56. The summed E-state index contributed by atoms with van der Waals surface area (Å²) in [5.41, 5.74) is 2.55. The maximum atomic E-state index is 12.3. The maximum Gasteiger partial charge on any atom is 0.240 e. The molecule has 1 aliphatic rings. The highest BCUT2D eigenvalue weighted by Gasteiger charge is 2.32. The molecule has 2 aromatic carbocycles. The Balaban J connectivity index is 1.34. The Morgan fingerprint density at radius 3 is 2.83 bits per heavy atom. The van der Waals surface area contributed by atoms with Gasteiger partial charge in [0.1, 0.15) is 11.0 Å². The number of amides is 2. The van der Waals surface area contributed by atoms with Crippen LogP contribution in [0.2, 0.25) is 0 Å². The van der Waals surface area contributed by atoms with Gasteiger partial charge in [0.15, 0.2) is 5.17 Å². The second-order valence-electron chi connectivity index (χ2n) is 6.52. The quantitative estimate of drug-likeness (QED) is 0.420. The molecule has 1 aromatic heterocycles. The predicted octanol–water partition coefficient (Wildman–Crippen LogP) is 3.13. The number of carbonyl (C=O) groups is 2. The first-order valence-corrected chi connectivity index (χ1v) is 10.1. The lowest BCUT2D eigenvalue weighted by molar-refractivity contribution is -0.122. The Kier molecular flexibility index (Phi) is 5.80. The molecule has 8 nitrogen and oxygen atoms in total. The lowest BCUT2D eigenvalue weighted by Crippen LogP contribution is -2.28. The van der Waals surface area contributed by atoms with E-state index in [0.29, 0.717) is 16.6 Å². The van der Waals surface area contributed by atoms with Gasteiger partial charge in [0.2, 0.25) is 11.8 Å². The number of benzene rings is 2. The van der Waals surface area contributed by atoms with Crippen molar-refractivity contribution in [3.8, 4) is 5.75 Å². The number of aromatic amines is 1. The summed E-state index contributed by atoms with van der Waals surface area (Å²) < 4.78 is 5.09. The molecule has 30 heavy (non-hydrogen) atoms. The van der Waals surface area contributed by atoms with E-state index in [9.17, 15) is 9.59 Å². The molecule has 0 saturated carbocycles. The highest BCUT2D eigenvalue weighted by Crippen LogP contribution is 2.24. The van der Waals surface area contributed by atoms with Gasteiger partial charge in [-0.3, -0.25) is 9.59 Å². The van der Waals surface area contributed by atoms with Gasteiger partial charge in [-0.2, -0.15) is 5.10 Å². The van der Waals surface area contributed by atoms with E-state index >= 15 is 0 Å². The number of nitrogens with one attached hydrogen (secondary N) is 3. The molecule has 1 unspecified atom stereocenters. The molecule has 3 N–H and O–H groups in total. The van der Waals surface area contributed by atoms with Crippen molar-refractivity contribution in [3.05, 3.63) is 60.3 Å². The van der Waals surface area contributed by atoms with Crippen LogP contribution in [0.4, 0.5) is 5.69 Å². The fourth-order valence-electron chi connectivity index (χ4n) is 2.99. The van der Waals surface area contributed by atoms with Gasteiger partial charge in [0.05, 0.1) is 13.3 Å². The molecule has 0 spiro atoms. The minimum absolute atomic E-state index is 0.0354. The van der Waals surface area contributed by atoms with E-state index < -0.39 is 5.25 Å². The van der Waals surface area contributed by atoms with Gasteiger partial charge in [-0.1, -0.05) is 30.0 Å². The number of rotatable bonds is 6. The van der Waals surface area contributed by atoms with E-state index in [4.69, 9.17) is 4.74 Å². The van der Waals surface area contributed by atoms with Crippen molar-refractivity contribution in [2.75, 3.05) is 12.4 Å². The van der Waals surface area contributed by atoms with Crippen molar-refractivity contribution < 1.29 is 14.3 Å². The van der Waals surface area contributed by atoms with Crippen molar-refractivity contribution in [1.82, 2.24) is 10.3 Å². The van der Waals surface area contributed by atoms with Crippen LogP contribution in [0.1, 0.15) is 12.0 Å². The fraction of sp³-hybridized carbons (Fsp3) is 0.143. The first-order valence-electron chi connectivity index (χ1n) is 9.21. The molecule has 0 bridgehead atoms. The lowest BCUT2D eigenvalue weighted by Gasteiger charge is -2.08. The monoisotopic (exact) mass is 421 g/mol. The number of carbonyl (C=O) groups excluding carboxylic acids is 2. The van der Waals surface area contributed by atoms with Crippen LogP contribution in [0.5, 0.6) is 5.75 Å². The van der Waals surface area contributed by atoms with Gasteiger partial charge >= 0.3 is 0 Å². The van der Waals surface area contributed by atoms with Crippen LogP contribution < -0.4 is 15.4 Å². The minimum Gasteiger partial charge on any atom is -0.497 e. The van der Waals surface area contributed by atoms with Crippen molar-refractivity contribution in [3.63, 3.8) is 0 Å². The lowest BCUT2D eigenvalue weighted by atomic mass is 10.2. The average molecular weight is 421 g/mol. The van der Waals surface area contributed by atoms with E-state index in [1.165, 1.54) is 11.8 Å². The molecule has 0 aliphatic carbocycles. The number of nitrogens with zero attached hydrogens (tertiary/aromatic N) is 2. The van der Waals surface area contributed by atoms with Crippen LogP contribution in [0.15, 0.2) is 64.9 Å². The minimum atomic E-state index is -0.551. The van der Waals surface area contributed by atoms with Gasteiger partial charge in [-0.15, -0.1) is 5.10 Å². The number of anilines is 1. The van der Waals surface area contributed by atoms with E-state index in [-0.39, 0.29) is 18.2 Å². The number of H-pyrrole nitrogens is 1. The zero-order valence-corrected chi connectivity index (χ0v) is 16.9. The third kappa shape index (κ3) is 4.52. The molecule has 0 radical (unpaired) electrons. The Bertz CT molecular complexity index is 1140. The number of aromatic nitrogens is 1. The number of thioether (sulfide) groups is 1. The summed E-state index contributed by atoms with van der Waals surface area (Å²) in [7, 11) is 1.58. The maximum absolute atomic E-state index is 12.3. The number of ether oxygens (including phenoxy) is 1. The first kappa shape index (κ1) is 19.7. The number of hydrogen-bond acceptors (Lipinski definition) is 6. The van der Waals surface area contributed by atoms with Gasteiger partial charge in [0, 0.05) is 34.8 Å². The van der Waals surface area contributed by atoms with Crippen LogP contribution in [0.3, 0.4) is 0 Å². The molecular weight excluding hydrogens is 402 g/mol. The van der Waals surface area contributed by atoms with Crippen LogP contribution in [0, 0.1) is 0 Å². The van der Waals surface area contributed by atoms with Crippen molar-refractivity contribution in [1.29, 1.82) is 0 Å². The van der Waals surface area contributed by atoms with Crippen molar-refractivity contribution in [2.24, 2.45) is 10.2 Å². The number of methoxy groups -OCH3 is 1. The Hall–Kier alpha value is -3.59. The molecular formula is C21H19N5O3S. The zero-order valence-electron chi connectivity index (χ0n) is 16.1. The topological polar surface area (TPSA) is 108 Å². The van der Waals surface area contributed by atoms with E-state index in [1.54, 1.807) is 37.6 Å². The van der Waals surface area contributed by atoms with Crippen molar-refractivity contribution >= 4 is 51.5 Å². The molecule has 2 heterocycles. The number of para-hydroxylation sites is 1. The summed E-state index contributed by atoms with van der Waals surface area (Å²) >= 11 is 1.19. The summed E-state index contributed by atoms with van der Waals surface area (Å²) in [5.74, 6) is 0.190. The zero-order chi connectivity index (χ0) is 20.9. The average Bonchev–Trinajstić information content (AvgIpc) is 3.32. The van der Waals surface area contributed by atoms with Gasteiger partial charge in [-0.25, -0.2) is 0 Å². The second kappa shape index (κ2) is 8.83. The molecule has 4 rings (SSSR count). The summed E-state index contributed by atoms with van der Waals surface area (Å²) in [6, 6.07) is 14.9. The van der Waals surface area contributed by atoms with Gasteiger partial charge in [-0.05, 0) is 30.3 Å². The molecule has 3 aromatic rings. The van der Waals surface area contributed by atoms with Crippen LogP contribution >= 0.6 is 11.8 Å². The van der Waals surface area contributed by atoms with Crippen LogP contribution in [-0.2, 0) is 9.59 Å². The molecule has 1 aliphatic heterocycles. The van der Waals surface area contributed by atoms with E-state index in [0.717, 1.165) is 16.5 Å². The van der Waals surface area contributed by atoms with E-state index in [1.807, 2.05) is 30.5 Å². The SMILES string of the molecule is COc1ccc(NC(=O)CC2S/C(=N/N=C/c3c[nH]c4ccccc34)NC2=O)cc1. The largest absolute Gasteiger partial charge is 0.497 e. The molecule has 1 saturated heterocycles. The smallest absolute Gasteiger partial charge is 0.240 e. The Morgan fingerprint density at radius 1 is 1.23 bits per heavy atom. The molecule has 1 fully saturated rings. The second-order valence-corrected chi connectivity index (χ2v) is 7.71.